The molecule has 0 aromatic heterocycles. The molecule has 2 heteroatoms. The van der Waals surface area contributed by atoms with Crippen molar-refractivity contribution >= 4 is 5.69 Å². The summed E-state index contributed by atoms with van der Waals surface area (Å²) in [6, 6.07) is 4.44. The standard InChI is InChI=1S/C15H20N2/c1-17-8-11-7-12(16)6-10-2-3-15(4-5-15)13(9-17)14(10)11/h6-7,13H,2-5,8-9,16H2,1H3/t13-/m0/s1. The Balaban J connectivity index is 1.92. The van der Waals surface area contributed by atoms with Crippen molar-refractivity contribution in [3.05, 3.63) is 28.8 Å². The average Bonchev–Trinajstić information content (AvgIpc) is 3.03. The number of anilines is 1. The number of hydrogen-bond donors (Lipinski definition) is 1. The van der Waals surface area contributed by atoms with E-state index in [1.54, 1.807) is 11.1 Å². The maximum atomic E-state index is 6.04. The van der Waals surface area contributed by atoms with Crippen LogP contribution in [0.4, 0.5) is 5.69 Å². The van der Waals surface area contributed by atoms with Gasteiger partial charge in [0.05, 0.1) is 0 Å². The van der Waals surface area contributed by atoms with Gasteiger partial charge in [0.2, 0.25) is 0 Å². The number of rotatable bonds is 0. The molecule has 1 saturated carbocycles. The van der Waals surface area contributed by atoms with Gasteiger partial charge in [0.25, 0.3) is 0 Å². The zero-order valence-electron chi connectivity index (χ0n) is 10.5. The molecule has 2 N–H and O–H groups in total. The summed E-state index contributed by atoms with van der Waals surface area (Å²) < 4.78 is 0. The molecule has 1 aromatic carbocycles. The first-order chi connectivity index (χ1) is 8.18. The Morgan fingerprint density at radius 1 is 1.24 bits per heavy atom. The monoisotopic (exact) mass is 228 g/mol. The highest BCUT2D eigenvalue weighted by molar-refractivity contribution is 5.54. The Kier molecular flexibility index (Phi) is 1.79. The fraction of sp³-hybridized carbons (Fsp3) is 0.600. The number of benzene rings is 1. The van der Waals surface area contributed by atoms with Crippen molar-refractivity contribution in [1.82, 2.24) is 4.90 Å². The topological polar surface area (TPSA) is 29.3 Å². The van der Waals surface area contributed by atoms with E-state index in [1.165, 1.54) is 37.8 Å². The van der Waals surface area contributed by atoms with E-state index in [4.69, 9.17) is 5.73 Å². The molecule has 0 saturated heterocycles. The van der Waals surface area contributed by atoms with Crippen molar-refractivity contribution in [2.75, 3.05) is 19.3 Å². The van der Waals surface area contributed by atoms with Crippen LogP contribution in [0.3, 0.4) is 0 Å². The van der Waals surface area contributed by atoms with Gasteiger partial charge >= 0.3 is 0 Å². The van der Waals surface area contributed by atoms with Crippen molar-refractivity contribution in [2.45, 2.75) is 38.1 Å². The van der Waals surface area contributed by atoms with Crippen LogP contribution in [0.25, 0.3) is 0 Å². The summed E-state index contributed by atoms with van der Waals surface area (Å²) in [6.45, 7) is 2.34. The third-order valence-corrected chi connectivity index (χ3v) is 5.18. The van der Waals surface area contributed by atoms with Crippen LogP contribution in [-0.4, -0.2) is 18.5 Å². The molecular formula is C15H20N2. The lowest BCUT2D eigenvalue weighted by Crippen LogP contribution is -2.38. The van der Waals surface area contributed by atoms with E-state index >= 15 is 0 Å². The highest BCUT2D eigenvalue weighted by atomic mass is 15.1. The molecule has 4 rings (SSSR count). The largest absolute Gasteiger partial charge is 0.399 e. The van der Waals surface area contributed by atoms with Crippen LogP contribution in [0.2, 0.25) is 0 Å². The fourth-order valence-electron chi connectivity index (χ4n) is 4.17. The lowest BCUT2D eigenvalue weighted by Gasteiger charge is -2.42. The Morgan fingerprint density at radius 3 is 2.76 bits per heavy atom. The van der Waals surface area contributed by atoms with E-state index < -0.39 is 0 Å². The van der Waals surface area contributed by atoms with Crippen LogP contribution in [0.15, 0.2) is 12.1 Å². The normalized spacial score (nSPS) is 29.1. The van der Waals surface area contributed by atoms with E-state index in [9.17, 15) is 0 Å². The van der Waals surface area contributed by atoms with E-state index in [2.05, 4.69) is 24.1 Å². The molecule has 1 fully saturated rings. The number of aryl methyl sites for hydroxylation is 1. The Hall–Kier alpha value is -1.02. The van der Waals surface area contributed by atoms with Gasteiger partial charge in [-0.25, -0.2) is 0 Å². The quantitative estimate of drug-likeness (QED) is 0.691. The molecule has 1 heterocycles. The molecule has 0 amide bonds. The van der Waals surface area contributed by atoms with Crippen LogP contribution in [-0.2, 0) is 13.0 Å². The van der Waals surface area contributed by atoms with Gasteiger partial charge in [-0.2, -0.15) is 0 Å². The van der Waals surface area contributed by atoms with E-state index in [0.29, 0.717) is 5.41 Å². The first kappa shape index (κ1) is 9.95. The summed E-state index contributed by atoms with van der Waals surface area (Å²) in [5.74, 6) is 0.792. The molecular weight excluding hydrogens is 208 g/mol. The molecule has 0 unspecified atom stereocenters. The minimum Gasteiger partial charge on any atom is -0.399 e. The molecule has 17 heavy (non-hydrogen) atoms. The average molecular weight is 228 g/mol. The predicted molar refractivity (Wildman–Crippen MR) is 69.9 cm³/mol. The van der Waals surface area contributed by atoms with Crippen LogP contribution >= 0.6 is 0 Å². The lowest BCUT2D eigenvalue weighted by molar-refractivity contribution is 0.211. The third kappa shape index (κ3) is 1.30. The van der Waals surface area contributed by atoms with E-state index in [1.807, 2.05) is 0 Å². The number of nitrogen functional groups attached to an aromatic ring is 1. The molecule has 0 bridgehead atoms. The first-order valence-electron chi connectivity index (χ1n) is 6.78. The highest BCUT2D eigenvalue weighted by Gasteiger charge is 2.53. The molecule has 3 aliphatic rings. The minimum absolute atomic E-state index is 0.673. The second-order valence-corrected chi connectivity index (χ2v) is 6.36. The van der Waals surface area contributed by atoms with Gasteiger partial charge in [0.15, 0.2) is 0 Å². The summed E-state index contributed by atoms with van der Waals surface area (Å²) >= 11 is 0. The third-order valence-electron chi connectivity index (χ3n) is 5.18. The van der Waals surface area contributed by atoms with Gasteiger partial charge in [-0.15, -0.1) is 0 Å². The zero-order valence-corrected chi connectivity index (χ0v) is 10.5. The highest BCUT2D eigenvalue weighted by Crippen LogP contribution is 2.63. The van der Waals surface area contributed by atoms with Gasteiger partial charge in [0.1, 0.15) is 0 Å². The molecule has 90 valence electrons. The van der Waals surface area contributed by atoms with Gasteiger partial charge in [-0.3, -0.25) is 0 Å². The van der Waals surface area contributed by atoms with Crippen molar-refractivity contribution in [3.63, 3.8) is 0 Å². The fourth-order valence-corrected chi connectivity index (χ4v) is 4.17. The number of fused-ring (bicyclic) bond motifs is 1. The Bertz CT molecular complexity index is 488. The van der Waals surface area contributed by atoms with Gasteiger partial charge in [-0.1, -0.05) is 0 Å². The van der Waals surface area contributed by atoms with Gasteiger partial charge in [-0.05, 0) is 67.0 Å². The second-order valence-electron chi connectivity index (χ2n) is 6.36. The molecule has 1 aliphatic heterocycles. The van der Waals surface area contributed by atoms with Crippen molar-refractivity contribution < 1.29 is 0 Å². The van der Waals surface area contributed by atoms with Crippen LogP contribution < -0.4 is 5.73 Å². The number of nitrogens with zero attached hydrogens (tertiary/aromatic N) is 1. The predicted octanol–water partition coefficient (Wildman–Crippen LogP) is 2.52. The second kappa shape index (κ2) is 3.05. The van der Waals surface area contributed by atoms with E-state index in [-0.39, 0.29) is 0 Å². The lowest BCUT2D eigenvalue weighted by atomic mass is 9.69. The van der Waals surface area contributed by atoms with Gasteiger partial charge < -0.3 is 10.6 Å². The van der Waals surface area contributed by atoms with Crippen molar-refractivity contribution in [3.8, 4) is 0 Å². The summed E-state index contributed by atoms with van der Waals surface area (Å²) in [5.41, 5.74) is 12.4. The maximum absolute atomic E-state index is 6.04. The van der Waals surface area contributed by atoms with Crippen molar-refractivity contribution in [1.29, 1.82) is 0 Å². The molecule has 2 nitrogen and oxygen atoms in total. The van der Waals surface area contributed by atoms with Crippen LogP contribution in [0, 0.1) is 5.41 Å². The molecule has 1 spiro atoms. The zero-order chi connectivity index (χ0) is 11.6. The molecule has 0 radical (unpaired) electrons. The minimum atomic E-state index is 0.673. The SMILES string of the molecule is CN1Cc2cc(N)cc3c2[C@H](C1)C1(CC3)CC1. The molecule has 2 aliphatic carbocycles. The number of nitrogens with two attached hydrogens (primary N) is 1. The van der Waals surface area contributed by atoms with E-state index in [0.717, 1.165) is 18.2 Å². The molecule has 1 aromatic rings. The Morgan fingerprint density at radius 2 is 2.00 bits per heavy atom. The summed E-state index contributed by atoms with van der Waals surface area (Å²) in [6.07, 6.45) is 5.55. The smallest absolute Gasteiger partial charge is 0.0320 e. The van der Waals surface area contributed by atoms with Crippen LogP contribution in [0.1, 0.15) is 41.9 Å². The summed E-state index contributed by atoms with van der Waals surface area (Å²) in [5, 5.41) is 0. The first-order valence-corrected chi connectivity index (χ1v) is 6.78. The number of hydrogen-bond acceptors (Lipinski definition) is 2. The maximum Gasteiger partial charge on any atom is 0.0320 e. The Labute approximate surface area is 103 Å². The van der Waals surface area contributed by atoms with Crippen LogP contribution in [0.5, 0.6) is 0 Å². The van der Waals surface area contributed by atoms with Crippen molar-refractivity contribution in [2.24, 2.45) is 5.41 Å². The molecule has 1 atom stereocenters. The summed E-state index contributed by atoms with van der Waals surface area (Å²) in [7, 11) is 2.25. The number of likely N-dealkylation sites (N-methyl/N-ethyl adjacent to an activating group) is 1. The van der Waals surface area contributed by atoms with Gasteiger partial charge in [0, 0.05) is 24.7 Å². The summed E-state index contributed by atoms with van der Waals surface area (Å²) in [4.78, 5) is 2.47.